The van der Waals surface area contributed by atoms with Crippen molar-refractivity contribution in [2.75, 3.05) is 0 Å². The molecule has 0 fully saturated rings. The van der Waals surface area contributed by atoms with Crippen molar-refractivity contribution in [3.05, 3.63) is 63.7 Å². The lowest BCUT2D eigenvalue weighted by molar-refractivity contribution is 1.18. The third-order valence-electron chi connectivity index (χ3n) is 2.63. The van der Waals surface area contributed by atoms with Crippen molar-refractivity contribution in [3.63, 3.8) is 0 Å². The van der Waals surface area contributed by atoms with Crippen LogP contribution in [0.3, 0.4) is 0 Å². The summed E-state index contributed by atoms with van der Waals surface area (Å²) in [6.07, 6.45) is 4.71. The second-order valence-electron chi connectivity index (χ2n) is 3.93. The lowest BCUT2D eigenvalue weighted by Crippen LogP contribution is -1.84. The standard InChI is InChI=1S/C14H10BrNS/c15-12-3-4-14-11(7-12)8-13(17-14)6-10-2-1-5-16-9-10/h1-5,7-9H,6H2. The molecule has 1 aromatic carbocycles. The van der Waals surface area contributed by atoms with Crippen LogP contribution < -0.4 is 0 Å². The summed E-state index contributed by atoms with van der Waals surface area (Å²) < 4.78 is 2.47. The number of thiophene rings is 1. The third kappa shape index (κ3) is 2.40. The fourth-order valence-corrected chi connectivity index (χ4v) is 3.32. The van der Waals surface area contributed by atoms with Crippen LogP contribution in [0, 0.1) is 0 Å². The Kier molecular flexibility index (Phi) is 2.95. The number of rotatable bonds is 2. The van der Waals surface area contributed by atoms with Gasteiger partial charge in [-0.15, -0.1) is 11.3 Å². The molecule has 3 rings (SSSR count). The Balaban J connectivity index is 1.96. The van der Waals surface area contributed by atoms with Gasteiger partial charge in [0.1, 0.15) is 0 Å². The van der Waals surface area contributed by atoms with Gasteiger partial charge in [-0.2, -0.15) is 0 Å². The fourth-order valence-electron chi connectivity index (χ4n) is 1.86. The Morgan fingerprint density at radius 1 is 1.18 bits per heavy atom. The van der Waals surface area contributed by atoms with Crippen LogP contribution in [0.2, 0.25) is 0 Å². The number of halogens is 1. The maximum Gasteiger partial charge on any atom is 0.0346 e. The molecule has 0 atom stereocenters. The van der Waals surface area contributed by atoms with E-state index in [9.17, 15) is 0 Å². The molecule has 84 valence electrons. The van der Waals surface area contributed by atoms with E-state index >= 15 is 0 Å². The summed E-state index contributed by atoms with van der Waals surface area (Å²) in [5, 5.41) is 1.31. The number of benzene rings is 1. The molecule has 0 unspecified atom stereocenters. The largest absolute Gasteiger partial charge is 0.264 e. The summed E-state index contributed by atoms with van der Waals surface area (Å²) in [7, 11) is 0. The first kappa shape index (κ1) is 10.9. The second kappa shape index (κ2) is 4.59. The topological polar surface area (TPSA) is 12.9 Å². The van der Waals surface area contributed by atoms with Gasteiger partial charge in [0.2, 0.25) is 0 Å². The Morgan fingerprint density at radius 2 is 2.12 bits per heavy atom. The molecule has 0 N–H and O–H groups in total. The molecule has 0 aliphatic carbocycles. The number of fused-ring (bicyclic) bond motifs is 1. The number of hydrogen-bond acceptors (Lipinski definition) is 2. The van der Waals surface area contributed by atoms with E-state index in [2.05, 4.69) is 51.2 Å². The number of hydrogen-bond donors (Lipinski definition) is 0. The van der Waals surface area contributed by atoms with Crippen LogP contribution in [0.25, 0.3) is 10.1 Å². The first-order chi connectivity index (χ1) is 8.31. The van der Waals surface area contributed by atoms with E-state index in [0.717, 1.165) is 10.9 Å². The van der Waals surface area contributed by atoms with Crippen molar-refractivity contribution < 1.29 is 0 Å². The van der Waals surface area contributed by atoms with Gasteiger partial charge in [-0.3, -0.25) is 4.98 Å². The van der Waals surface area contributed by atoms with E-state index in [0.29, 0.717) is 0 Å². The van der Waals surface area contributed by atoms with Gasteiger partial charge in [-0.25, -0.2) is 0 Å². The van der Waals surface area contributed by atoms with Crippen molar-refractivity contribution in [2.24, 2.45) is 0 Å². The van der Waals surface area contributed by atoms with Crippen molar-refractivity contribution in [3.8, 4) is 0 Å². The van der Waals surface area contributed by atoms with Gasteiger partial charge in [0, 0.05) is 32.9 Å². The molecule has 0 aliphatic heterocycles. The molecule has 0 spiro atoms. The average Bonchev–Trinajstić information content (AvgIpc) is 2.71. The Labute approximate surface area is 112 Å². The number of nitrogens with zero attached hydrogens (tertiary/aromatic N) is 1. The minimum atomic E-state index is 0.963. The van der Waals surface area contributed by atoms with Crippen LogP contribution in [0.15, 0.2) is 53.3 Å². The Bertz CT molecular complexity index is 646. The second-order valence-corrected chi connectivity index (χ2v) is 6.02. The molecule has 2 aromatic heterocycles. The highest BCUT2D eigenvalue weighted by Crippen LogP contribution is 2.29. The minimum Gasteiger partial charge on any atom is -0.264 e. The summed E-state index contributed by atoms with van der Waals surface area (Å²) in [6.45, 7) is 0. The molecule has 3 heteroatoms. The van der Waals surface area contributed by atoms with Crippen LogP contribution in [0.5, 0.6) is 0 Å². The van der Waals surface area contributed by atoms with Crippen LogP contribution in [0.1, 0.15) is 10.4 Å². The highest BCUT2D eigenvalue weighted by Gasteiger charge is 2.03. The monoisotopic (exact) mass is 303 g/mol. The van der Waals surface area contributed by atoms with Gasteiger partial charge in [0.25, 0.3) is 0 Å². The SMILES string of the molecule is Brc1ccc2sc(Cc3cccnc3)cc2c1. The molecule has 3 aromatic rings. The quantitative estimate of drug-likeness (QED) is 0.671. The molecule has 17 heavy (non-hydrogen) atoms. The van der Waals surface area contributed by atoms with Crippen LogP contribution in [-0.4, -0.2) is 4.98 Å². The van der Waals surface area contributed by atoms with Crippen LogP contribution in [0.4, 0.5) is 0 Å². The fraction of sp³-hybridized carbons (Fsp3) is 0.0714. The molecule has 0 bridgehead atoms. The molecule has 0 amide bonds. The van der Waals surface area contributed by atoms with Gasteiger partial charge >= 0.3 is 0 Å². The lowest BCUT2D eigenvalue weighted by Gasteiger charge is -1.95. The van der Waals surface area contributed by atoms with Crippen molar-refractivity contribution in [1.82, 2.24) is 4.98 Å². The summed E-state index contributed by atoms with van der Waals surface area (Å²) in [5.41, 5.74) is 1.26. The van der Waals surface area contributed by atoms with E-state index in [4.69, 9.17) is 0 Å². The molecule has 0 saturated carbocycles. The Morgan fingerprint density at radius 3 is 2.94 bits per heavy atom. The van der Waals surface area contributed by atoms with E-state index < -0.39 is 0 Å². The first-order valence-electron chi connectivity index (χ1n) is 5.38. The van der Waals surface area contributed by atoms with Crippen LogP contribution >= 0.6 is 27.3 Å². The normalized spacial score (nSPS) is 10.9. The third-order valence-corrected chi connectivity index (χ3v) is 4.24. The molecule has 2 heterocycles. The minimum absolute atomic E-state index is 0.963. The molecule has 0 radical (unpaired) electrons. The van der Waals surface area contributed by atoms with Gasteiger partial charge in [0.05, 0.1) is 0 Å². The molecule has 1 nitrogen and oxygen atoms in total. The molecule has 0 aliphatic rings. The Hall–Kier alpha value is -1.19. The van der Waals surface area contributed by atoms with Crippen LogP contribution in [-0.2, 0) is 6.42 Å². The van der Waals surface area contributed by atoms with Gasteiger partial charge < -0.3 is 0 Å². The van der Waals surface area contributed by atoms with Crippen molar-refractivity contribution >= 4 is 37.4 Å². The van der Waals surface area contributed by atoms with E-state index in [1.54, 1.807) is 0 Å². The predicted octanol–water partition coefficient (Wildman–Crippen LogP) is 4.65. The van der Waals surface area contributed by atoms with E-state index in [1.165, 1.54) is 20.5 Å². The summed E-state index contributed by atoms with van der Waals surface area (Å²) in [5.74, 6) is 0. The first-order valence-corrected chi connectivity index (χ1v) is 6.99. The van der Waals surface area contributed by atoms with Gasteiger partial charge in [-0.1, -0.05) is 22.0 Å². The van der Waals surface area contributed by atoms with Crippen molar-refractivity contribution in [1.29, 1.82) is 0 Å². The average molecular weight is 304 g/mol. The molecular weight excluding hydrogens is 294 g/mol. The van der Waals surface area contributed by atoms with Gasteiger partial charge in [0.15, 0.2) is 0 Å². The zero-order valence-corrected chi connectivity index (χ0v) is 11.5. The van der Waals surface area contributed by atoms with Gasteiger partial charge in [-0.05, 0) is 41.3 Å². The summed E-state index contributed by atoms with van der Waals surface area (Å²) in [6, 6.07) is 12.8. The smallest absolute Gasteiger partial charge is 0.0346 e. The number of aromatic nitrogens is 1. The van der Waals surface area contributed by atoms with E-state index in [-0.39, 0.29) is 0 Å². The summed E-state index contributed by atoms with van der Waals surface area (Å²) >= 11 is 5.36. The summed E-state index contributed by atoms with van der Waals surface area (Å²) in [4.78, 5) is 5.53. The zero-order chi connectivity index (χ0) is 11.7. The highest BCUT2D eigenvalue weighted by atomic mass is 79.9. The van der Waals surface area contributed by atoms with E-state index in [1.807, 2.05) is 29.8 Å². The van der Waals surface area contributed by atoms with Crippen molar-refractivity contribution in [2.45, 2.75) is 6.42 Å². The zero-order valence-electron chi connectivity index (χ0n) is 9.06. The maximum atomic E-state index is 4.15. The molecule has 0 saturated heterocycles. The number of pyridine rings is 1. The lowest BCUT2D eigenvalue weighted by atomic mass is 10.2. The highest BCUT2D eigenvalue weighted by molar-refractivity contribution is 9.10. The molecular formula is C14H10BrNS. The maximum absolute atomic E-state index is 4.15. The predicted molar refractivity (Wildman–Crippen MR) is 76.6 cm³/mol.